The Hall–Kier alpha value is -10.2. The number of nitrogens with zero attached hydrogens (tertiary/aromatic N) is 1. The second-order valence-corrected chi connectivity index (χ2v) is 31.6. The first kappa shape index (κ1) is 83.3. The van der Waals surface area contributed by atoms with Gasteiger partial charge >= 0.3 is 17.9 Å². The van der Waals surface area contributed by atoms with Crippen LogP contribution < -0.4 is 29.1 Å². The highest BCUT2D eigenvalue weighted by molar-refractivity contribution is 9.11. The third kappa shape index (κ3) is 23.2. The van der Waals surface area contributed by atoms with Crippen LogP contribution in [-0.2, 0) is 35.5 Å². The van der Waals surface area contributed by atoms with Crippen molar-refractivity contribution in [1.82, 2.24) is 4.98 Å². The Labute approximate surface area is 688 Å². The number of aromatic carboxylic acids is 1. The van der Waals surface area contributed by atoms with Gasteiger partial charge in [0, 0.05) is 53.1 Å². The Kier molecular flexibility index (Phi) is 28.6. The van der Waals surface area contributed by atoms with E-state index in [4.69, 9.17) is 42.7 Å². The molecule has 0 radical (unpaired) electrons. The molecular weight excluding hydrogens is 1820 g/mol. The van der Waals surface area contributed by atoms with E-state index >= 15 is 0 Å². The molecule has 568 valence electrons. The van der Waals surface area contributed by atoms with Crippen LogP contribution in [0.25, 0.3) is 21.9 Å². The number of rotatable bonds is 11. The molecule has 0 unspecified atom stereocenters. The number of carboxylic acids is 1. The minimum atomic E-state index is -1.26. The molecule has 3 N–H and O–H groups in total. The topological polar surface area (TPSA) is 220 Å². The highest BCUT2D eigenvalue weighted by Gasteiger charge is 2.26. The number of fused-ring (bicyclic) bond motifs is 6. The van der Waals surface area contributed by atoms with E-state index < -0.39 is 40.7 Å². The molecule has 13 aromatic rings. The Morgan fingerprint density at radius 2 is 0.937 bits per heavy atom. The predicted molar refractivity (Wildman–Crippen MR) is 443 cm³/mol. The van der Waals surface area contributed by atoms with E-state index in [2.05, 4.69) is 113 Å². The van der Waals surface area contributed by atoms with Crippen molar-refractivity contribution in [1.29, 1.82) is 0 Å². The fourth-order valence-corrected chi connectivity index (χ4v) is 13.2. The van der Waals surface area contributed by atoms with Gasteiger partial charge in [0.2, 0.25) is 5.43 Å². The van der Waals surface area contributed by atoms with Crippen LogP contribution in [-0.4, -0.2) is 49.4 Å². The van der Waals surface area contributed by atoms with E-state index in [1.165, 1.54) is 48.0 Å². The first-order chi connectivity index (χ1) is 52.9. The maximum absolute atomic E-state index is 13.5. The van der Waals surface area contributed by atoms with Crippen LogP contribution in [0.5, 0.6) is 57.5 Å². The average Bonchev–Trinajstić information content (AvgIpc) is 0.768. The molecule has 0 amide bonds. The average molecular weight is 1890 g/mol. The summed E-state index contributed by atoms with van der Waals surface area (Å²) in [5, 5.41) is 28.1. The van der Waals surface area contributed by atoms with Crippen LogP contribution in [0.15, 0.2) is 279 Å². The number of halogens is 8. The Bertz CT molecular complexity index is 5560. The van der Waals surface area contributed by atoms with E-state index in [1.807, 2.05) is 136 Å². The van der Waals surface area contributed by atoms with Crippen molar-refractivity contribution < 1.29 is 76.1 Å². The highest BCUT2D eigenvalue weighted by atomic mass is 79.9. The summed E-state index contributed by atoms with van der Waals surface area (Å²) in [6.07, 6.45) is 5.21. The van der Waals surface area contributed by atoms with Crippen molar-refractivity contribution in [3.8, 4) is 57.5 Å². The first-order valence-electron chi connectivity index (χ1n) is 34.0. The van der Waals surface area contributed by atoms with Gasteiger partial charge < -0.3 is 52.9 Å². The van der Waals surface area contributed by atoms with E-state index in [-0.39, 0.29) is 37.0 Å². The number of carbonyl (C=O) groups is 3. The summed E-state index contributed by atoms with van der Waals surface area (Å²) < 4.78 is 75.8. The van der Waals surface area contributed by atoms with Gasteiger partial charge in [0.25, 0.3) is 0 Å². The molecule has 2 aliphatic heterocycles. The van der Waals surface area contributed by atoms with Crippen LogP contribution in [0.2, 0.25) is 0 Å². The summed E-state index contributed by atoms with van der Waals surface area (Å²) in [5.74, 6) is 2.73. The van der Waals surface area contributed by atoms with Crippen LogP contribution in [0, 0.1) is 11.6 Å². The molecule has 2 aromatic heterocycles. The predicted octanol–water partition coefficient (Wildman–Crippen LogP) is 25.0. The number of ether oxygens (including phenoxy) is 7. The minimum Gasteiger partial charge on any atom is -0.508 e. The minimum absolute atomic E-state index is 0.0548. The molecule has 0 aliphatic carbocycles. The summed E-state index contributed by atoms with van der Waals surface area (Å²) in [7, 11) is 0. The lowest BCUT2D eigenvalue weighted by Gasteiger charge is -2.21. The molecule has 0 saturated heterocycles. The van der Waals surface area contributed by atoms with Gasteiger partial charge in [-0.15, -0.1) is 0 Å². The van der Waals surface area contributed by atoms with Crippen molar-refractivity contribution in [3.05, 3.63) is 342 Å². The van der Waals surface area contributed by atoms with E-state index in [0.29, 0.717) is 56.7 Å². The number of aromatic nitrogens is 1. The zero-order valence-corrected chi connectivity index (χ0v) is 69.6. The number of aromatic hydroxyl groups is 2. The number of phenols is 2. The second-order valence-electron chi connectivity index (χ2n) is 26.4. The smallest absolute Gasteiger partial charge is 0.342 e. The highest BCUT2D eigenvalue weighted by Crippen LogP contribution is 2.44. The van der Waals surface area contributed by atoms with Crippen LogP contribution in [0.3, 0.4) is 0 Å². The first-order valence-corrected chi connectivity index (χ1v) is 38.7. The molecule has 15 rings (SSSR count). The molecule has 24 heteroatoms. The summed E-state index contributed by atoms with van der Waals surface area (Å²) in [4.78, 5) is 50.7. The molecular formula is C87H69Br6F2NO15. The number of hydrogen-bond donors (Lipinski definition) is 3. The summed E-state index contributed by atoms with van der Waals surface area (Å²) >= 11 is 19.7. The van der Waals surface area contributed by atoms with Gasteiger partial charge in [-0.3, -0.25) is 9.78 Å². The van der Waals surface area contributed by atoms with Crippen molar-refractivity contribution in [3.63, 3.8) is 0 Å². The number of pyridine rings is 1. The van der Waals surface area contributed by atoms with Gasteiger partial charge in [0.15, 0.2) is 23.0 Å². The largest absolute Gasteiger partial charge is 0.508 e. The van der Waals surface area contributed by atoms with Crippen molar-refractivity contribution in [2.75, 3.05) is 0 Å². The zero-order valence-electron chi connectivity index (χ0n) is 60.1. The molecule has 0 saturated carbocycles. The number of phenolic OH excluding ortho intramolecular Hbond substituents is 2. The monoisotopic (exact) mass is 1880 g/mol. The van der Waals surface area contributed by atoms with Crippen LogP contribution in [0.1, 0.15) is 106 Å². The lowest BCUT2D eigenvalue weighted by molar-refractivity contribution is 0.00528. The number of benzene rings is 11. The third-order valence-electron chi connectivity index (χ3n) is 15.7. The number of carboxylic acid groups (broad SMARTS) is 1. The van der Waals surface area contributed by atoms with Gasteiger partial charge in [-0.05, 0) is 288 Å². The molecule has 111 heavy (non-hydrogen) atoms. The molecule has 0 atom stereocenters. The number of para-hydroxylation sites is 4. The fourth-order valence-electron chi connectivity index (χ4n) is 10.6. The van der Waals surface area contributed by atoms with Crippen molar-refractivity contribution in [2.45, 2.75) is 78.8 Å². The molecule has 0 bridgehead atoms. The van der Waals surface area contributed by atoms with Gasteiger partial charge in [-0.2, -0.15) is 0 Å². The van der Waals surface area contributed by atoms with Gasteiger partial charge in [-0.1, -0.05) is 84.9 Å². The molecule has 11 aromatic carbocycles. The molecule has 2 aliphatic rings. The second kappa shape index (κ2) is 38.1. The molecule has 0 fully saturated rings. The quantitative estimate of drug-likeness (QED) is 0.0810. The summed E-state index contributed by atoms with van der Waals surface area (Å²) in [6, 6.07) is 68.1. The summed E-state index contributed by atoms with van der Waals surface area (Å²) in [6.45, 7) is 11.7. The maximum Gasteiger partial charge on any atom is 0.342 e. The lowest BCUT2D eigenvalue weighted by atomic mass is 10.0. The van der Waals surface area contributed by atoms with E-state index in [0.717, 1.165) is 88.6 Å². The SMILES string of the molecule is Brc1cccc2c1Oc1ccc(OCc3cccnc3)cc1C2.CC(C)(C)OC(=O)c1cccc(Br)c1F.CC(C)(C)OC(=O)c1cccc(Br)c1Oc1ccc(OCc2ccccc2)cc1.O=C(O)c1cccc(Br)c1F.O=c1c2cc(O)ccc2oc2c(Br)cccc12.Oc1ccc2c(c1)Cc1cccc(Br)c1O2. The van der Waals surface area contributed by atoms with Gasteiger partial charge in [-0.25, -0.2) is 23.2 Å². The van der Waals surface area contributed by atoms with E-state index in [9.17, 15) is 38.2 Å². The van der Waals surface area contributed by atoms with E-state index in [1.54, 1.807) is 93.7 Å². The fraction of sp³-hybridized carbons (Fsp3) is 0.138. The molecule has 0 spiro atoms. The maximum atomic E-state index is 13.5. The van der Waals surface area contributed by atoms with Crippen molar-refractivity contribution in [2.24, 2.45) is 0 Å². The number of hydrogen-bond acceptors (Lipinski definition) is 15. The third-order valence-corrected chi connectivity index (χ3v) is 19.5. The zero-order chi connectivity index (χ0) is 79.7. The normalized spacial score (nSPS) is 11.4. The van der Waals surface area contributed by atoms with Crippen molar-refractivity contribution >= 4 is 135 Å². The standard InChI is InChI=1S/C24H23BrO4.C19H14BrNO2.C13H7BrO3.C13H9BrO2.C11H12BrFO2.C7H4BrFO2/c1-24(2,3)29-23(26)20-10-7-11-21(25)22(20)28-19-14-12-18(13-15-19)27-16-17-8-5-4-6-9-17;20-17-5-1-4-14-9-15-10-16(6-7-18(15)23-19(14)17)22-12-13-3-2-8-21-11-13;14-10-3-1-2-8-12(16)9-6-7(15)4-5-11(9)17-13(8)10;14-11-3-1-2-8-6-9-7-10(15)4-5-12(9)16-13(8)11;1-11(2,3)15-10(14)7-5-4-6-8(12)9(7)13;8-5-3-1-2-4(6(5)9)7(10)11/h4-15H,16H2,1-3H3;1-8,10-11H,9,12H2;1-6,15H;1-5,7,15H,6H2;4-6H,1-3H3;1-3H,(H,10,11). The van der Waals surface area contributed by atoms with Crippen LogP contribution >= 0.6 is 95.6 Å². The Balaban J connectivity index is 0.000000145. The summed E-state index contributed by atoms with van der Waals surface area (Å²) in [5.41, 5.74) is 6.24. The number of esters is 2. The molecule has 4 heterocycles. The van der Waals surface area contributed by atoms with Gasteiger partial charge in [0.1, 0.15) is 87.3 Å². The van der Waals surface area contributed by atoms with Gasteiger partial charge in [0.05, 0.1) is 48.7 Å². The Morgan fingerprint density at radius 1 is 0.459 bits per heavy atom. The molecule has 16 nitrogen and oxygen atoms in total. The Morgan fingerprint density at radius 3 is 1.53 bits per heavy atom. The van der Waals surface area contributed by atoms with Crippen LogP contribution in [0.4, 0.5) is 8.78 Å². The lowest BCUT2D eigenvalue weighted by Crippen LogP contribution is -2.24. The number of carbonyl (C=O) groups excluding carboxylic acids is 2.